The van der Waals surface area contributed by atoms with Crippen LogP contribution in [0.2, 0.25) is 10.0 Å². The molecule has 0 radical (unpaired) electrons. The fraction of sp³-hybridized carbons (Fsp3) is 0.267. The molecule has 122 valence electrons. The highest BCUT2D eigenvalue weighted by molar-refractivity contribution is 6.37. The van der Waals surface area contributed by atoms with Crippen LogP contribution in [0.1, 0.15) is 10.4 Å². The Morgan fingerprint density at radius 1 is 1.13 bits per heavy atom. The van der Waals surface area contributed by atoms with Crippen LogP contribution < -0.4 is 15.1 Å². The van der Waals surface area contributed by atoms with Gasteiger partial charge in [-0.15, -0.1) is 0 Å². The lowest BCUT2D eigenvalue weighted by Gasteiger charge is -2.19. The van der Waals surface area contributed by atoms with Crippen LogP contribution in [0.4, 0.5) is 17.5 Å². The van der Waals surface area contributed by atoms with Crippen molar-refractivity contribution in [1.29, 1.82) is 0 Å². The van der Waals surface area contributed by atoms with Crippen molar-refractivity contribution in [2.24, 2.45) is 0 Å². The van der Waals surface area contributed by atoms with Crippen LogP contribution in [0.3, 0.4) is 0 Å². The first-order valence-corrected chi connectivity index (χ1v) is 7.53. The predicted octanol–water partition coefficient (Wildman–Crippen LogP) is 3.17. The highest BCUT2D eigenvalue weighted by atomic mass is 35.5. The predicted molar refractivity (Wildman–Crippen MR) is 95.1 cm³/mol. The first-order valence-electron chi connectivity index (χ1n) is 6.77. The summed E-state index contributed by atoms with van der Waals surface area (Å²) in [4.78, 5) is 24.7. The Hall–Kier alpha value is -2.05. The zero-order valence-electron chi connectivity index (χ0n) is 13.3. The second-order valence-electron chi connectivity index (χ2n) is 5.27. The van der Waals surface area contributed by atoms with E-state index in [0.717, 1.165) is 0 Å². The molecule has 0 aliphatic carbocycles. The monoisotopic (exact) mass is 353 g/mol. The second kappa shape index (κ2) is 7.02. The van der Waals surface area contributed by atoms with Gasteiger partial charge < -0.3 is 15.1 Å². The van der Waals surface area contributed by atoms with Crippen molar-refractivity contribution >= 4 is 46.6 Å². The van der Waals surface area contributed by atoms with Gasteiger partial charge in [-0.2, -0.15) is 4.98 Å². The number of benzene rings is 1. The van der Waals surface area contributed by atoms with E-state index >= 15 is 0 Å². The zero-order valence-corrected chi connectivity index (χ0v) is 14.8. The minimum Gasteiger partial charge on any atom is -0.361 e. The van der Waals surface area contributed by atoms with Crippen molar-refractivity contribution in [3.05, 3.63) is 40.0 Å². The quantitative estimate of drug-likeness (QED) is 0.914. The molecule has 0 saturated carbocycles. The molecule has 6 nitrogen and oxygen atoms in total. The van der Waals surface area contributed by atoms with E-state index in [1.165, 1.54) is 6.07 Å². The van der Waals surface area contributed by atoms with E-state index in [2.05, 4.69) is 15.3 Å². The highest BCUT2D eigenvalue weighted by Crippen LogP contribution is 2.26. The van der Waals surface area contributed by atoms with Crippen LogP contribution in [0.25, 0.3) is 0 Å². The van der Waals surface area contributed by atoms with Gasteiger partial charge in [-0.1, -0.05) is 23.2 Å². The van der Waals surface area contributed by atoms with Gasteiger partial charge in [0.05, 0.1) is 16.8 Å². The molecule has 1 aromatic heterocycles. The van der Waals surface area contributed by atoms with Gasteiger partial charge in [0.2, 0.25) is 5.95 Å². The van der Waals surface area contributed by atoms with Gasteiger partial charge in [0.15, 0.2) is 5.82 Å². The Labute approximate surface area is 145 Å². The van der Waals surface area contributed by atoms with Crippen LogP contribution in [-0.2, 0) is 0 Å². The zero-order chi connectivity index (χ0) is 17.1. The lowest BCUT2D eigenvalue weighted by atomic mass is 10.2. The van der Waals surface area contributed by atoms with E-state index in [-0.39, 0.29) is 10.9 Å². The minimum atomic E-state index is -0.351. The summed E-state index contributed by atoms with van der Waals surface area (Å²) in [6.45, 7) is 0. The fourth-order valence-corrected chi connectivity index (χ4v) is 2.37. The molecule has 0 bridgehead atoms. The van der Waals surface area contributed by atoms with Gasteiger partial charge in [0.25, 0.3) is 5.91 Å². The molecular weight excluding hydrogens is 337 g/mol. The van der Waals surface area contributed by atoms with E-state index < -0.39 is 0 Å². The Morgan fingerprint density at radius 3 is 2.39 bits per heavy atom. The number of amides is 1. The summed E-state index contributed by atoms with van der Waals surface area (Å²) in [5, 5.41) is 3.54. The van der Waals surface area contributed by atoms with E-state index in [1.807, 2.05) is 28.2 Å². The lowest BCUT2D eigenvalue weighted by molar-refractivity contribution is 0.102. The summed E-state index contributed by atoms with van der Waals surface area (Å²) >= 11 is 11.9. The number of hydrogen-bond acceptors (Lipinski definition) is 5. The third-order valence-electron chi connectivity index (χ3n) is 3.00. The average molecular weight is 354 g/mol. The third kappa shape index (κ3) is 4.03. The van der Waals surface area contributed by atoms with Gasteiger partial charge >= 0.3 is 0 Å². The molecule has 0 unspecified atom stereocenters. The van der Waals surface area contributed by atoms with Gasteiger partial charge in [-0.05, 0) is 18.2 Å². The van der Waals surface area contributed by atoms with Crippen molar-refractivity contribution < 1.29 is 4.79 Å². The normalized spacial score (nSPS) is 10.3. The van der Waals surface area contributed by atoms with Gasteiger partial charge in [-0.25, -0.2) is 4.98 Å². The molecule has 0 saturated heterocycles. The summed E-state index contributed by atoms with van der Waals surface area (Å²) < 4.78 is 0. The van der Waals surface area contributed by atoms with E-state index in [9.17, 15) is 4.79 Å². The molecule has 2 rings (SSSR count). The first-order chi connectivity index (χ1) is 10.8. The van der Waals surface area contributed by atoms with Crippen LogP contribution in [0.15, 0.2) is 24.4 Å². The van der Waals surface area contributed by atoms with Gasteiger partial charge in [0, 0.05) is 33.2 Å². The summed E-state index contributed by atoms with van der Waals surface area (Å²) in [7, 11) is 7.38. The molecular formula is C15H17Cl2N5O. The molecule has 8 heteroatoms. The fourth-order valence-electron chi connectivity index (χ4n) is 1.87. The number of nitrogens with zero attached hydrogens (tertiary/aromatic N) is 4. The molecule has 0 spiro atoms. The second-order valence-corrected chi connectivity index (χ2v) is 6.12. The maximum Gasteiger partial charge on any atom is 0.257 e. The van der Waals surface area contributed by atoms with Crippen LogP contribution >= 0.6 is 23.2 Å². The van der Waals surface area contributed by atoms with Crippen LogP contribution in [0, 0.1) is 0 Å². The molecule has 0 aliphatic rings. The SMILES string of the molecule is CN(C)c1ncc(NC(=O)c2ccc(Cl)cc2Cl)c(N(C)C)n1. The number of nitrogens with one attached hydrogen (secondary N) is 1. The van der Waals surface area contributed by atoms with Crippen molar-refractivity contribution in [2.75, 3.05) is 43.3 Å². The van der Waals surface area contributed by atoms with Crippen LogP contribution in [-0.4, -0.2) is 44.1 Å². The maximum atomic E-state index is 12.4. The highest BCUT2D eigenvalue weighted by Gasteiger charge is 2.16. The molecule has 2 aromatic rings. The topological polar surface area (TPSA) is 61.4 Å². The van der Waals surface area contributed by atoms with Gasteiger partial charge in [0.1, 0.15) is 5.69 Å². The Morgan fingerprint density at radius 2 is 1.83 bits per heavy atom. The van der Waals surface area contributed by atoms with Crippen molar-refractivity contribution in [1.82, 2.24) is 9.97 Å². The maximum absolute atomic E-state index is 12.4. The summed E-state index contributed by atoms with van der Waals surface area (Å²) in [5.74, 6) is 0.800. The summed E-state index contributed by atoms with van der Waals surface area (Å²) in [5.41, 5.74) is 0.828. The smallest absolute Gasteiger partial charge is 0.257 e. The number of hydrogen-bond donors (Lipinski definition) is 1. The summed E-state index contributed by atoms with van der Waals surface area (Å²) in [6.07, 6.45) is 1.57. The molecule has 0 fully saturated rings. The van der Waals surface area contributed by atoms with Crippen molar-refractivity contribution in [2.45, 2.75) is 0 Å². The summed E-state index contributed by atoms with van der Waals surface area (Å²) in [6, 6.07) is 4.71. The molecule has 1 N–H and O–H groups in total. The van der Waals surface area contributed by atoms with E-state index in [4.69, 9.17) is 23.2 Å². The number of carbonyl (C=O) groups is 1. The molecule has 1 heterocycles. The molecule has 1 aromatic carbocycles. The minimum absolute atomic E-state index is 0.284. The number of aromatic nitrogens is 2. The molecule has 1 amide bonds. The molecule has 23 heavy (non-hydrogen) atoms. The van der Waals surface area contributed by atoms with E-state index in [1.54, 1.807) is 28.1 Å². The van der Waals surface area contributed by atoms with Crippen molar-refractivity contribution in [3.8, 4) is 0 Å². The number of carbonyl (C=O) groups excluding carboxylic acids is 1. The Bertz CT molecular complexity index is 734. The number of anilines is 3. The Balaban J connectivity index is 2.33. The standard InChI is InChI=1S/C15H17Cl2N5O/c1-21(2)13-12(8-18-15(20-13)22(3)4)19-14(23)10-6-5-9(16)7-11(10)17/h5-8H,1-4H3,(H,19,23). The van der Waals surface area contributed by atoms with Crippen LogP contribution in [0.5, 0.6) is 0 Å². The first kappa shape index (κ1) is 17.3. The molecule has 0 aliphatic heterocycles. The average Bonchev–Trinajstić information content (AvgIpc) is 2.46. The third-order valence-corrected chi connectivity index (χ3v) is 3.55. The lowest BCUT2D eigenvalue weighted by Crippen LogP contribution is -2.21. The largest absolute Gasteiger partial charge is 0.361 e. The van der Waals surface area contributed by atoms with Gasteiger partial charge in [-0.3, -0.25) is 4.79 Å². The molecule has 0 atom stereocenters. The number of rotatable bonds is 4. The van der Waals surface area contributed by atoms with E-state index in [0.29, 0.717) is 28.0 Å². The number of halogens is 2. The van der Waals surface area contributed by atoms with Crippen molar-refractivity contribution in [3.63, 3.8) is 0 Å². The Kier molecular flexibility index (Phi) is 5.28.